The van der Waals surface area contributed by atoms with Crippen molar-refractivity contribution >= 4 is 44.9 Å². The normalized spacial score (nSPS) is 14.8. The lowest BCUT2D eigenvalue weighted by molar-refractivity contribution is 0.244. The molecule has 0 saturated carbocycles. The lowest BCUT2D eigenvalue weighted by Crippen LogP contribution is -2.47. The molecular formula is C20H24BrClN4O. The van der Waals surface area contributed by atoms with Crippen molar-refractivity contribution in [2.75, 3.05) is 49.5 Å². The molecule has 5 nitrogen and oxygen atoms in total. The number of carbonyl (C=O) groups is 1. The summed E-state index contributed by atoms with van der Waals surface area (Å²) in [5.74, 6) is 0. The van der Waals surface area contributed by atoms with E-state index in [0.29, 0.717) is 6.54 Å². The molecule has 0 atom stereocenters. The van der Waals surface area contributed by atoms with Gasteiger partial charge in [-0.25, -0.2) is 4.79 Å². The third-order valence-electron chi connectivity index (χ3n) is 4.58. The van der Waals surface area contributed by atoms with Gasteiger partial charge in [0.05, 0.1) is 0 Å². The van der Waals surface area contributed by atoms with Crippen LogP contribution in [0.1, 0.15) is 6.42 Å². The Morgan fingerprint density at radius 1 is 1.07 bits per heavy atom. The van der Waals surface area contributed by atoms with E-state index in [4.69, 9.17) is 11.6 Å². The number of rotatable bonds is 6. The number of benzene rings is 2. The van der Waals surface area contributed by atoms with E-state index in [1.807, 2.05) is 42.5 Å². The van der Waals surface area contributed by atoms with Gasteiger partial charge in [0.25, 0.3) is 0 Å². The van der Waals surface area contributed by atoms with Crippen LogP contribution in [0.15, 0.2) is 53.0 Å². The van der Waals surface area contributed by atoms with Gasteiger partial charge in [-0.15, -0.1) is 0 Å². The first kappa shape index (κ1) is 20.0. The van der Waals surface area contributed by atoms with Crippen LogP contribution >= 0.6 is 27.5 Å². The second-order valence-corrected chi connectivity index (χ2v) is 7.90. The van der Waals surface area contributed by atoms with Gasteiger partial charge in [-0.05, 0) is 55.4 Å². The van der Waals surface area contributed by atoms with Crippen LogP contribution in [0, 0.1) is 0 Å². The molecule has 0 bridgehead atoms. The summed E-state index contributed by atoms with van der Waals surface area (Å²) in [7, 11) is 0. The molecule has 2 aromatic rings. The Kier molecular flexibility index (Phi) is 7.38. The van der Waals surface area contributed by atoms with Crippen LogP contribution in [-0.4, -0.2) is 50.2 Å². The second kappa shape index (κ2) is 9.97. The fourth-order valence-corrected chi connectivity index (χ4v) is 3.56. The molecule has 27 heavy (non-hydrogen) atoms. The predicted molar refractivity (Wildman–Crippen MR) is 116 cm³/mol. The summed E-state index contributed by atoms with van der Waals surface area (Å²) >= 11 is 9.46. The van der Waals surface area contributed by atoms with Crippen molar-refractivity contribution < 1.29 is 4.79 Å². The molecule has 1 fully saturated rings. The van der Waals surface area contributed by atoms with Gasteiger partial charge in [-0.2, -0.15) is 0 Å². The first-order valence-corrected chi connectivity index (χ1v) is 10.3. The van der Waals surface area contributed by atoms with Crippen molar-refractivity contribution in [1.82, 2.24) is 10.2 Å². The van der Waals surface area contributed by atoms with Crippen LogP contribution in [0.5, 0.6) is 0 Å². The number of hydrogen-bond acceptors (Lipinski definition) is 3. The van der Waals surface area contributed by atoms with E-state index in [0.717, 1.165) is 54.3 Å². The van der Waals surface area contributed by atoms with Gasteiger partial charge < -0.3 is 15.5 Å². The van der Waals surface area contributed by atoms with Crippen LogP contribution in [-0.2, 0) is 0 Å². The smallest absolute Gasteiger partial charge is 0.319 e. The van der Waals surface area contributed by atoms with Crippen LogP contribution in [0.4, 0.5) is 16.2 Å². The summed E-state index contributed by atoms with van der Waals surface area (Å²) in [6.07, 6.45) is 0.935. The maximum absolute atomic E-state index is 11.9. The number of amides is 2. The van der Waals surface area contributed by atoms with Crippen LogP contribution in [0.2, 0.25) is 5.02 Å². The minimum absolute atomic E-state index is 0.164. The molecule has 144 valence electrons. The summed E-state index contributed by atoms with van der Waals surface area (Å²) in [4.78, 5) is 16.7. The van der Waals surface area contributed by atoms with Crippen molar-refractivity contribution in [3.8, 4) is 0 Å². The van der Waals surface area contributed by atoms with Crippen molar-refractivity contribution in [3.05, 3.63) is 58.0 Å². The molecule has 1 heterocycles. The highest BCUT2D eigenvalue weighted by atomic mass is 79.9. The minimum Gasteiger partial charge on any atom is -0.369 e. The second-order valence-electron chi connectivity index (χ2n) is 6.55. The summed E-state index contributed by atoms with van der Waals surface area (Å²) in [5, 5.41) is 6.53. The summed E-state index contributed by atoms with van der Waals surface area (Å²) in [6.45, 7) is 5.70. The van der Waals surface area contributed by atoms with Gasteiger partial charge in [-0.3, -0.25) is 4.90 Å². The first-order chi connectivity index (χ1) is 13.1. The summed E-state index contributed by atoms with van der Waals surface area (Å²) in [6, 6.07) is 15.4. The lowest BCUT2D eigenvalue weighted by Gasteiger charge is -2.36. The van der Waals surface area contributed by atoms with Gasteiger partial charge in [0.2, 0.25) is 0 Å². The monoisotopic (exact) mass is 450 g/mol. The standard InChI is InChI=1S/C20H24BrClN4O/c21-16-5-7-18(8-6-16)24-20(27)23-9-2-10-25-11-13-26(14-12-25)19-4-1-3-17(22)15-19/h1,3-8,15H,2,9-14H2,(H2,23,24,27). The van der Waals surface area contributed by atoms with E-state index >= 15 is 0 Å². The Balaban J connectivity index is 1.31. The van der Waals surface area contributed by atoms with E-state index in [1.54, 1.807) is 0 Å². The Hall–Kier alpha value is -1.76. The fraction of sp³-hybridized carbons (Fsp3) is 0.350. The predicted octanol–water partition coefficient (Wildman–Crippen LogP) is 4.44. The zero-order chi connectivity index (χ0) is 19.1. The molecule has 7 heteroatoms. The number of urea groups is 1. The molecule has 0 aliphatic carbocycles. The third-order valence-corrected chi connectivity index (χ3v) is 5.35. The van der Waals surface area contributed by atoms with E-state index < -0.39 is 0 Å². The molecule has 2 N–H and O–H groups in total. The van der Waals surface area contributed by atoms with Crippen LogP contribution in [0.3, 0.4) is 0 Å². The van der Waals surface area contributed by atoms with Gasteiger partial charge in [-0.1, -0.05) is 33.6 Å². The molecule has 2 aromatic carbocycles. The Morgan fingerprint density at radius 2 is 1.81 bits per heavy atom. The van der Waals surface area contributed by atoms with Gasteiger partial charge >= 0.3 is 6.03 Å². The highest BCUT2D eigenvalue weighted by Gasteiger charge is 2.16. The lowest BCUT2D eigenvalue weighted by atomic mass is 10.2. The Morgan fingerprint density at radius 3 is 2.52 bits per heavy atom. The number of halogens is 2. The zero-order valence-electron chi connectivity index (χ0n) is 15.1. The fourth-order valence-electron chi connectivity index (χ4n) is 3.12. The van der Waals surface area contributed by atoms with E-state index in [2.05, 4.69) is 42.4 Å². The maximum atomic E-state index is 11.9. The zero-order valence-corrected chi connectivity index (χ0v) is 17.5. The highest BCUT2D eigenvalue weighted by molar-refractivity contribution is 9.10. The number of nitrogens with one attached hydrogen (secondary N) is 2. The number of nitrogens with zero attached hydrogens (tertiary/aromatic N) is 2. The van der Waals surface area contributed by atoms with Crippen LogP contribution in [0.25, 0.3) is 0 Å². The van der Waals surface area contributed by atoms with E-state index in [-0.39, 0.29) is 6.03 Å². The quantitative estimate of drug-likeness (QED) is 0.639. The number of anilines is 2. The average molecular weight is 452 g/mol. The Bertz CT molecular complexity index is 748. The van der Waals surface area contributed by atoms with Crippen molar-refractivity contribution in [2.24, 2.45) is 0 Å². The van der Waals surface area contributed by atoms with Gasteiger partial charge in [0.1, 0.15) is 0 Å². The highest BCUT2D eigenvalue weighted by Crippen LogP contribution is 2.20. The van der Waals surface area contributed by atoms with Crippen LogP contribution < -0.4 is 15.5 Å². The minimum atomic E-state index is -0.164. The number of carbonyl (C=O) groups excluding carboxylic acids is 1. The summed E-state index contributed by atoms with van der Waals surface area (Å²) < 4.78 is 0.990. The largest absolute Gasteiger partial charge is 0.369 e. The number of hydrogen-bond donors (Lipinski definition) is 2. The van der Waals surface area contributed by atoms with Crippen molar-refractivity contribution in [3.63, 3.8) is 0 Å². The SMILES string of the molecule is O=C(NCCCN1CCN(c2cccc(Cl)c2)CC1)Nc1ccc(Br)cc1. The molecule has 3 rings (SSSR count). The molecule has 0 spiro atoms. The molecular weight excluding hydrogens is 428 g/mol. The van der Waals surface area contributed by atoms with E-state index in [1.165, 1.54) is 5.69 Å². The molecule has 2 amide bonds. The molecule has 0 aromatic heterocycles. The van der Waals surface area contributed by atoms with Gasteiger partial charge in [0.15, 0.2) is 0 Å². The molecule has 1 saturated heterocycles. The molecule has 1 aliphatic rings. The Labute approximate surface area is 173 Å². The average Bonchev–Trinajstić information content (AvgIpc) is 2.68. The molecule has 0 unspecified atom stereocenters. The van der Waals surface area contributed by atoms with E-state index in [9.17, 15) is 4.79 Å². The van der Waals surface area contributed by atoms with Crippen molar-refractivity contribution in [2.45, 2.75) is 6.42 Å². The third kappa shape index (κ3) is 6.41. The summed E-state index contributed by atoms with van der Waals surface area (Å²) in [5.41, 5.74) is 1.97. The molecule has 0 radical (unpaired) electrons. The maximum Gasteiger partial charge on any atom is 0.319 e. The topological polar surface area (TPSA) is 47.6 Å². The molecule has 1 aliphatic heterocycles. The van der Waals surface area contributed by atoms with Gasteiger partial charge in [0, 0.05) is 53.6 Å². The first-order valence-electron chi connectivity index (χ1n) is 9.13. The van der Waals surface area contributed by atoms with Crippen molar-refractivity contribution in [1.29, 1.82) is 0 Å². The number of piperazine rings is 1.